The molecular weight excluding hydrogens is 420 g/mol. The highest BCUT2D eigenvalue weighted by atomic mass is 35.5. The summed E-state index contributed by atoms with van der Waals surface area (Å²) in [5.74, 6) is -0.140. The van der Waals surface area contributed by atoms with Crippen LogP contribution in [0.2, 0.25) is 5.02 Å². The average molecular weight is 447 g/mol. The first-order chi connectivity index (χ1) is 14.8. The minimum Gasteiger partial charge on any atom is -0.505 e. The maximum absolute atomic E-state index is 13.6. The van der Waals surface area contributed by atoms with Gasteiger partial charge in [-0.2, -0.15) is 0 Å². The Bertz CT molecular complexity index is 988. The number of hydrogen-bond acceptors (Lipinski definition) is 6. The Morgan fingerprint density at radius 1 is 1.23 bits per heavy atom. The first-order valence-electron chi connectivity index (χ1n) is 10.2. The zero-order valence-electron chi connectivity index (χ0n) is 18.2. The lowest BCUT2D eigenvalue weighted by Crippen LogP contribution is -2.25. The van der Waals surface area contributed by atoms with Crippen LogP contribution in [-0.4, -0.2) is 37.5 Å². The highest BCUT2D eigenvalue weighted by Crippen LogP contribution is 2.44. The molecule has 0 spiro atoms. The number of carbonyl (C=O) groups is 2. The number of Topliss-reactive ketones (excluding diaryl/α,β-unsaturated/α-hetero) is 2. The summed E-state index contributed by atoms with van der Waals surface area (Å²) in [6, 6.07) is 1.45. The molecule has 1 aromatic carbocycles. The van der Waals surface area contributed by atoms with Crippen LogP contribution < -0.4 is 9.47 Å². The topological polar surface area (TPSA) is 82.1 Å². The first kappa shape index (κ1) is 22.9. The van der Waals surface area contributed by atoms with Crippen LogP contribution >= 0.6 is 11.6 Å². The smallest absolute Gasteiger partial charge is 0.200 e. The largest absolute Gasteiger partial charge is 0.505 e. The maximum atomic E-state index is 13.6. The lowest BCUT2D eigenvalue weighted by atomic mass is 9.82. The third-order valence-corrected chi connectivity index (χ3v) is 5.93. The zero-order valence-corrected chi connectivity index (χ0v) is 18.9. The minimum absolute atomic E-state index is 0.00443. The standard InChI is InChI=1S/C24H27ClO6/c1-13-5-7-15(8-6-13)12-31-18-10-16(26)9-14(2)20(18)23(27)21-17(29-3)11-19(30-4)22(25)24(21)28/h5,7-8,11,13-14,28H,6,9-10,12H2,1-4H3. The lowest BCUT2D eigenvalue weighted by molar-refractivity contribution is -0.120. The second-order valence-electron chi connectivity index (χ2n) is 7.95. The van der Waals surface area contributed by atoms with Crippen molar-refractivity contribution in [2.75, 3.05) is 20.8 Å². The average Bonchev–Trinajstić information content (AvgIpc) is 2.74. The summed E-state index contributed by atoms with van der Waals surface area (Å²) in [5, 5.41) is 10.6. The fourth-order valence-electron chi connectivity index (χ4n) is 3.85. The number of ether oxygens (including phenoxy) is 3. The molecule has 0 amide bonds. The summed E-state index contributed by atoms with van der Waals surface area (Å²) in [7, 11) is 2.79. The molecule has 1 aromatic rings. The normalized spacial score (nSPS) is 21.1. The monoisotopic (exact) mass is 446 g/mol. The third kappa shape index (κ3) is 4.79. The molecule has 166 valence electrons. The number of methoxy groups -OCH3 is 2. The molecule has 2 aliphatic carbocycles. The second-order valence-corrected chi connectivity index (χ2v) is 8.32. The highest BCUT2D eigenvalue weighted by molar-refractivity contribution is 6.34. The van der Waals surface area contributed by atoms with Crippen molar-refractivity contribution < 1.29 is 28.9 Å². The van der Waals surface area contributed by atoms with Crippen LogP contribution in [0, 0.1) is 11.8 Å². The number of allylic oxidation sites excluding steroid dienone is 4. The van der Waals surface area contributed by atoms with Gasteiger partial charge in [-0.3, -0.25) is 9.59 Å². The van der Waals surface area contributed by atoms with Gasteiger partial charge >= 0.3 is 0 Å². The van der Waals surface area contributed by atoms with E-state index in [1.54, 1.807) is 6.92 Å². The Morgan fingerprint density at radius 3 is 2.55 bits per heavy atom. The van der Waals surface area contributed by atoms with E-state index in [9.17, 15) is 14.7 Å². The van der Waals surface area contributed by atoms with E-state index in [1.165, 1.54) is 20.3 Å². The summed E-state index contributed by atoms with van der Waals surface area (Å²) in [6.07, 6.45) is 7.38. The van der Waals surface area contributed by atoms with Crippen molar-refractivity contribution in [1.29, 1.82) is 0 Å². The van der Waals surface area contributed by atoms with Gasteiger partial charge in [0.1, 0.15) is 40.2 Å². The van der Waals surface area contributed by atoms with E-state index in [4.69, 9.17) is 25.8 Å². The molecule has 0 bridgehead atoms. The van der Waals surface area contributed by atoms with Crippen LogP contribution in [-0.2, 0) is 9.53 Å². The van der Waals surface area contributed by atoms with Crippen molar-refractivity contribution in [2.45, 2.75) is 33.1 Å². The Kier molecular flexibility index (Phi) is 7.11. The molecule has 0 fully saturated rings. The number of phenolic OH excluding ortho intramolecular Hbond substituents is 1. The zero-order chi connectivity index (χ0) is 22.7. The number of aromatic hydroxyl groups is 1. The van der Waals surface area contributed by atoms with E-state index < -0.39 is 11.5 Å². The molecule has 0 radical (unpaired) electrons. The van der Waals surface area contributed by atoms with Crippen LogP contribution in [0.3, 0.4) is 0 Å². The molecule has 3 rings (SSSR count). The summed E-state index contributed by atoms with van der Waals surface area (Å²) in [4.78, 5) is 25.8. The molecular formula is C24H27ClO6. The summed E-state index contributed by atoms with van der Waals surface area (Å²) >= 11 is 6.18. The summed E-state index contributed by atoms with van der Waals surface area (Å²) < 4.78 is 16.4. The first-order valence-corrected chi connectivity index (χ1v) is 10.6. The summed E-state index contributed by atoms with van der Waals surface area (Å²) in [5.41, 5.74) is 1.27. The maximum Gasteiger partial charge on any atom is 0.200 e. The third-order valence-electron chi connectivity index (χ3n) is 5.57. The fraction of sp³-hybridized carbons (Fsp3) is 0.417. The van der Waals surface area contributed by atoms with Crippen molar-refractivity contribution in [3.8, 4) is 17.2 Å². The predicted molar refractivity (Wildman–Crippen MR) is 118 cm³/mol. The van der Waals surface area contributed by atoms with Crippen molar-refractivity contribution in [2.24, 2.45) is 11.8 Å². The molecule has 0 saturated carbocycles. The van der Waals surface area contributed by atoms with Gasteiger partial charge in [0.2, 0.25) is 0 Å². The quantitative estimate of drug-likeness (QED) is 0.591. The van der Waals surface area contributed by atoms with E-state index in [0.29, 0.717) is 17.3 Å². The molecule has 31 heavy (non-hydrogen) atoms. The SMILES string of the molecule is COc1cc(OC)c(C(=O)C2=C(OCC3=CCC(C)C=C3)CC(=O)CC2C)c(O)c1Cl. The number of halogens is 1. The Hall–Kier alpha value is -2.73. The van der Waals surface area contributed by atoms with Gasteiger partial charge in [0.15, 0.2) is 11.5 Å². The fourth-order valence-corrected chi connectivity index (χ4v) is 4.08. The second kappa shape index (κ2) is 9.60. The van der Waals surface area contributed by atoms with Crippen LogP contribution in [0.15, 0.2) is 41.2 Å². The Balaban J connectivity index is 2.01. The van der Waals surface area contributed by atoms with Gasteiger partial charge in [-0.25, -0.2) is 0 Å². The molecule has 2 atom stereocenters. The molecule has 6 nitrogen and oxygen atoms in total. The molecule has 2 aliphatic rings. The molecule has 0 heterocycles. The van der Waals surface area contributed by atoms with Crippen LogP contribution in [0.5, 0.6) is 17.2 Å². The number of ketones is 2. The van der Waals surface area contributed by atoms with Gasteiger partial charge in [0.05, 0.1) is 20.6 Å². The number of rotatable bonds is 7. The van der Waals surface area contributed by atoms with E-state index in [-0.39, 0.29) is 53.2 Å². The van der Waals surface area contributed by atoms with Crippen molar-refractivity contribution in [3.05, 3.63) is 51.8 Å². The van der Waals surface area contributed by atoms with Gasteiger partial charge in [-0.15, -0.1) is 0 Å². The van der Waals surface area contributed by atoms with Gasteiger partial charge < -0.3 is 19.3 Å². The minimum atomic E-state index is -0.476. The molecule has 7 heteroatoms. The van der Waals surface area contributed by atoms with Crippen LogP contribution in [0.1, 0.15) is 43.5 Å². The highest BCUT2D eigenvalue weighted by Gasteiger charge is 2.35. The van der Waals surface area contributed by atoms with Gasteiger partial charge in [-0.1, -0.05) is 43.7 Å². The van der Waals surface area contributed by atoms with Gasteiger partial charge in [0.25, 0.3) is 0 Å². The lowest BCUT2D eigenvalue weighted by Gasteiger charge is -2.26. The number of hydrogen-bond donors (Lipinski definition) is 1. The molecule has 0 aromatic heterocycles. The van der Waals surface area contributed by atoms with E-state index >= 15 is 0 Å². The van der Waals surface area contributed by atoms with E-state index in [2.05, 4.69) is 19.1 Å². The van der Waals surface area contributed by atoms with E-state index in [1.807, 2.05) is 6.08 Å². The van der Waals surface area contributed by atoms with Crippen LogP contribution in [0.25, 0.3) is 0 Å². The molecule has 0 aliphatic heterocycles. The molecule has 1 N–H and O–H groups in total. The number of carbonyl (C=O) groups excluding carboxylic acids is 2. The Morgan fingerprint density at radius 2 is 1.94 bits per heavy atom. The van der Waals surface area contributed by atoms with Crippen molar-refractivity contribution in [3.63, 3.8) is 0 Å². The van der Waals surface area contributed by atoms with Crippen LogP contribution in [0.4, 0.5) is 0 Å². The number of phenols is 1. The molecule has 2 unspecified atom stereocenters. The predicted octanol–water partition coefficient (Wildman–Crippen LogP) is 5.04. The Labute approximate surface area is 187 Å². The van der Waals surface area contributed by atoms with Crippen molar-refractivity contribution in [1.82, 2.24) is 0 Å². The van der Waals surface area contributed by atoms with E-state index in [0.717, 1.165) is 12.0 Å². The number of benzene rings is 1. The molecule has 0 saturated heterocycles. The van der Waals surface area contributed by atoms with Gasteiger partial charge in [-0.05, 0) is 23.8 Å². The van der Waals surface area contributed by atoms with Gasteiger partial charge in [0, 0.05) is 18.1 Å². The van der Waals surface area contributed by atoms with Crippen molar-refractivity contribution >= 4 is 23.2 Å². The summed E-state index contributed by atoms with van der Waals surface area (Å²) in [6.45, 7) is 4.19.